The highest BCUT2D eigenvalue weighted by atomic mass is 16.5. The molecule has 0 fully saturated rings. The molecule has 0 spiro atoms. The van der Waals surface area contributed by atoms with Crippen LogP contribution in [0.5, 0.6) is 5.75 Å². The molecule has 0 saturated carbocycles. The Morgan fingerprint density at radius 1 is 1.33 bits per heavy atom. The molecule has 3 nitrogen and oxygen atoms in total. The van der Waals surface area contributed by atoms with Crippen molar-refractivity contribution in [2.24, 2.45) is 0 Å². The molecule has 0 aliphatic carbocycles. The minimum atomic E-state index is 0.818. The summed E-state index contributed by atoms with van der Waals surface area (Å²) in [6.07, 6.45) is 5.33. The van der Waals surface area contributed by atoms with Crippen molar-refractivity contribution >= 4 is 5.69 Å². The summed E-state index contributed by atoms with van der Waals surface area (Å²) in [6, 6.07) is 8.50. The topological polar surface area (TPSA) is 26.2 Å². The number of ether oxygens (including phenoxy) is 1. The van der Waals surface area contributed by atoms with Gasteiger partial charge in [-0.2, -0.15) is 0 Å². The Kier molecular flexibility index (Phi) is 2.97. The van der Waals surface area contributed by atoms with Crippen molar-refractivity contribution in [1.29, 1.82) is 0 Å². The molecule has 3 heteroatoms. The number of hydrogen-bond acceptors (Lipinski definition) is 2. The molecule has 1 aliphatic rings. The van der Waals surface area contributed by atoms with E-state index in [1.807, 2.05) is 0 Å². The summed E-state index contributed by atoms with van der Waals surface area (Å²) in [5, 5.41) is 3.46. The third kappa shape index (κ3) is 2.21. The summed E-state index contributed by atoms with van der Waals surface area (Å²) in [6.45, 7) is 4.86. The monoisotopic (exact) mass is 242 g/mol. The SMILES string of the molecule is CCn1ccc(CNc2ccc3c(c2)CCO3)c1. The van der Waals surface area contributed by atoms with Gasteiger partial charge in [-0.15, -0.1) is 0 Å². The lowest BCUT2D eigenvalue weighted by atomic mass is 10.1. The Balaban J connectivity index is 1.66. The first-order chi connectivity index (χ1) is 8.85. The van der Waals surface area contributed by atoms with Crippen molar-refractivity contribution in [3.8, 4) is 5.75 Å². The van der Waals surface area contributed by atoms with Crippen LogP contribution < -0.4 is 10.1 Å². The van der Waals surface area contributed by atoms with Gasteiger partial charge in [-0.1, -0.05) is 0 Å². The van der Waals surface area contributed by atoms with E-state index in [9.17, 15) is 0 Å². The van der Waals surface area contributed by atoms with Crippen molar-refractivity contribution in [3.05, 3.63) is 47.8 Å². The lowest BCUT2D eigenvalue weighted by Gasteiger charge is -2.07. The van der Waals surface area contributed by atoms with E-state index in [-0.39, 0.29) is 0 Å². The number of anilines is 1. The molecule has 0 atom stereocenters. The van der Waals surface area contributed by atoms with E-state index < -0.39 is 0 Å². The molecular formula is C15H18N2O. The van der Waals surface area contributed by atoms with Crippen LogP contribution in [-0.4, -0.2) is 11.2 Å². The van der Waals surface area contributed by atoms with E-state index in [4.69, 9.17) is 4.74 Å². The van der Waals surface area contributed by atoms with Crippen LogP contribution in [0.15, 0.2) is 36.7 Å². The van der Waals surface area contributed by atoms with E-state index in [1.165, 1.54) is 16.8 Å². The third-order valence-electron chi connectivity index (χ3n) is 3.36. The smallest absolute Gasteiger partial charge is 0.122 e. The van der Waals surface area contributed by atoms with Gasteiger partial charge >= 0.3 is 0 Å². The van der Waals surface area contributed by atoms with Crippen molar-refractivity contribution < 1.29 is 4.74 Å². The summed E-state index contributed by atoms with van der Waals surface area (Å²) in [5.74, 6) is 1.04. The lowest BCUT2D eigenvalue weighted by molar-refractivity contribution is 0.357. The largest absolute Gasteiger partial charge is 0.493 e. The molecule has 0 amide bonds. The number of rotatable bonds is 4. The van der Waals surface area contributed by atoms with Crippen LogP contribution in [0.3, 0.4) is 0 Å². The maximum atomic E-state index is 5.50. The average Bonchev–Trinajstić information content (AvgIpc) is 3.04. The molecular weight excluding hydrogens is 224 g/mol. The third-order valence-corrected chi connectivity index (χ3v) is 3.36. The Bertz CT molecular complexity index is 545. The summed E-state index contributed by atoms with van der Waals surface area (Å²) in [7, 11) is 0. The van der Waals surface area contributed by atoms with E-state index in [0.717, 1.165) is 31.9 Å². The van der Waals surface area contributed by atoms with Gasteiger partial charge in [0.2, 0.25) is 0 Å². The Hall–Kier alpha value is -1.90. The normalized spacial score (nSPS) is 13.2. The van der Waals surface area contributed by atoms with Gasteiger partial charge < -0.3 is 14.6 Å². The lowest BCUT2D eigenvalue weighted by Crippen LogP contribution is -1.99. The Morgan fingerprint density at radius 3 is 3.11 bits per heavy atom. The second-order valence-electron chi connectivity index (χ2n) is 4.62. The first-order valence-corrected chi connectivity index (χ1v) is 6.49. The molecule has 2 aromatic rings. The van der Waals surface area contributed by atoms with Crippen LogP contribution in [-0.2, 0) is 19.5 Å². The number of nitrogens with one attached hydrogen (secondary N) is 1. The molecule has 0 unspecified atom stereocenters. The first-order valence-electron chi connectivity index (χ1n) is 6.49. The molecule has 94 valence electrons. The van der Waals surface area contributed by atoms with Crippen molar-refractivity contribution in [3.63, 3.8) is 0 Å². The van der Waals surface area contributed by atoms with Crippen LogP contribution >= 0.6 is 0 Å². The van der Waals surface area contributed by atoms with Gasteiger partial charge in [0.25, 0.3) is 0 Å². The van der Waals surface area contributed by atoms with Gasteiger partial charge in [-0.25, -0.2) is 0 Å². The second kappa shape index (κ2) is 4.77. The molecule has 0 saturated heterocycles. The number of benzene rings is 1. The fraction of sp³-hybridized carbons (Fsp3) is 0.333. The van der Waals surface area contributed by atoms with Gasteiger partial charge in [0, 0.05) is 37.6 Å². The van der Waals surface area contributed by atoms with E-state index in [2.05, 4.69) is 53.5 Å². The maximum absolute atomic E-state index is 5.50. The quantitative estimate of drug-likeness (QED) is 0.891. The number of aromatic nitrogens is 1. The molecule has 2 heterocycles. The van der Waals surface area contributed by atoms with Crippen molar-refractivity contribution in [2.75, 3.05) is 11.9 Å². The predicted molar refractivity (Wildman–Crippen MR) is 73.1 cm³/mol. The zero-order valence-electron chi connectivity index (χ0n) is 10.6. The Labute approximate surface area is 107 Å². The summed E-state index contributed by atoms with van der Waals surface area (Å²) >= 11 is 0. The second-order valence-corrected chi connectivity index (χ2v) is 4.62. The molecule has 0 radical (unpaired) electrons. The molecule has 3 rings (SSSR count). The summed E-state index contributed by atoms with van der Waals surface area (Å²) in [5.41, 5.74) is 3.79. The van der Waals surface area contributed by atoms with E-state index in [0.29, 0.717) is 0 Å². The number of fused-ring (bicyclic) bond motifs is 1. The molecule has 1 aromatic heterocycles. The number of hydrogen-bond donors (Lipinski definition) is 1. The minimum absolute atomic E-state index is 0.818. The zero-order valence-corrected chi connectivity index (χ0v) is 10.6. The number of aryl methyl sites for hydroxylation is 1. The van der Waals surface area contributed by atoms with Crippen LogP contribution in [0, 0.1) is 0 Å². The van der Waals surface area contributed by atoms with Crippen molar-refractivity contribution in [2.45, 2.75) is 26.4 Å². The fourth-order valence-corrected chi connectivity index (χ4v) is 2.29. The van der Waals surface area contributed by atoms with E-state index in [1.54, 1.807) is 0 Å². The van der Waals surface area contributed by atoms with Gasteiger partial charge in [0.1, 0.15) is 5.75 Å². The predicted octanol–water partition coefficient (Wildman–Crippen LogP) is 3.06. The maximum Gasteiger partial charge on any atom is 0.122 e. The van der Waals surface area contributed by atoms with Gasteiger partial charge in [-0.05, 0) is 42.3 Å². The highest BCUT2D eigenvalue weighted by Crippen LogP contribution is 2.27. The molecule has 0 bridgehead atoms. The van der Waals surface area contributed by atoms with Crippen LogP contribution in [0.2, 0.25) is 0 Å². The van der Waals surface area contributed by atoms with Gasteiger partial charge in [0.05, 0.1) is 6.61 Å². The van der Waals surface area contributed by atoms with Crippen LogP contribution in [0.25, 0.3) is 0 Å². The van der Waals surface area contributed by atoms with Crippen molar-refractivity contribution in [1.82, 2.24) is 4.57 Å². The first kappa shape index (κ1) is 11.2. The summed E-state index contributed by atoms with van der Waals surface area (Å²) in [4.78, 5) is 0. The minimum Gasteiger partial charge on any atom is -0.493 e. The fourth-order valence-electron chi connectivity index (χ4n) is 2.29. The molecule has 1 aromatic carbocycles. The number of nitrogens with zero attached hydrogens (tertiary/aromatic N) is 1. The molecule has 18 heavy (non-hydrogen) atoms. The van der Waals surface area contributed by atoms with Crippen LogP contribution in [0.4, 0.5) is 5.69 Å². The Morgan fingerprint density at radius 2 is 2.28 bits per heavy atom. The standard InChI is InChI=1S/C15H18N2O/c1-2-17-7-5-12(11-17)10-16-14-3-4-15-13(9-14)6-8-18-15/h3-5,7,9,11,16H,2,6,8,10H2,1H3. The van der Waals surface area contributed by atoms with E-state index >= 15 is 0 Å². The highest BCUT2D eigenvalue weighted by Gasteiger charge is 2.11. The average molecular weight is 242 g/mol. The van der Waals surface area contributed by atoms with Crippen LogP contribution in [0.1, 0.15) is 18.1 Å². The highest BCUT2D eigenvalue weighted by molar-refractivity contribution is 5.52. The molecule has 1 N–H and O–H groups in total. The summed E-state index contributed by atoms with van der Waals surface area (Å²) < 4.78 is 7.69. The molecule has 1 aliphatic heterocycles. The van der Waals surface area contributed by atoms with Gasteiger partial charge in [0.15, 0.2) is 0 Å². The van der Waals surface area contributed by atoms with Gasteiger partial charge in [-0.3, -0.25) is 0 Å². The zero-order chi connectivity index (χ0) is 12.4.